The maximum absolute atomic E-state index is 12.2. The van der Waals surface area contributed by atoms with Crippen molar-refractivity contribution in [1.29, 1.82) is 0 Å². The van der Waals surface area contributed by atoms with E-state index in [9.17, 15) is 14.4 Å². The number of likely N-dealkylation sites (tertiary alicyclic amines) is 1. The zero-order valence-corrected chi connectivity index (χ0v) is 11.3. The van der Waals surface area contributed by atoms with E-state index >= 15 is 0 Å². The number of likely N-dealkylation sites (N-methyl/N-ethyl adjacent to an activating group) is 1. The lowest BCUT2D eigenvalue weighted by Crippen LogP contribution is -2.41. The molecule has 106 valence electrons. The summed E-state index contributed by atoms with van der Waals surface area (Å²) in [6, 6.07) is 6.33. The van der Waals surface area contributed by atoms with Crippen LogP contribution in [0.25, 0.3) is 0 Å². The zero-order chi connectivity index (χ0) is 14.7. The molecule has 0 aliphatic carbocycles. The molecule has 1 fully saturated rings. The van der Waals surface area contributed by atoms with Gasteiger partial charge in [0.2, 0.25) is 5.91 Å². The second kappa shape index (κ2) is 5.83. The van der Waals surface area contributed by atoms with Crippen molar-refractivity contribution in [3.8, 4) is 0 Å². The first-order chi connectivity index (χ1) is 9.54. The molecule has 6 nitrogen and oxygen atoms in total. The molecule has 20 heavy (non-hydrogen) atoms. The second-order valence-electron chi connectivity index (χ2n) is 4.72. The molecule has 1 aromatic rings. The van der Waals surface area contributed by atoms with Crippen LogP contribution in [0.2, 0.25) is 0 Å². The number of nitrogens with two attached hydrogens (primary N) is 1. The molecule has 1 aliphatic heterocycles. The fraction of sp³-hybridized carbons (Fsp3) is 0.357. The highest BCUT2D eigenvalue weighted by Gasteiger charge is 2.37. The van der Waals surface area contributed by atoms with E-state index in [4.69, 9.17) is 5.73 Å². The Morgan fingerprint density at radius 1 is 1.40 bits per heavy atom. The first-order valence-electron chi connectivity index (χ1n) is 6.44. The largest absolute Gasteiger partial charge is 0.340 e. The van der Waals surface area contributed by atoms with Gasteiger partial charge in [-0.15, -0.1) is 0 Å². The van der Waals surface area contributed by atoms with Gasteiger partial charge in [0, 0.05) is 12.6 Å². The molecule has 3 N–H and O–H groups in total. The van der Waals surface area contributed by atoms with E-state index in [0.717, 1.165) is 10.5 Å². The number of hydrogen-bond donors (Lipinski definition) is 2. The smallest absolute Gasteiger partial charge is 0.252 e. The number of carbonyl (C=O) groups excluding carboxylic acids is 3. The van der Waals surface area contributed by atoms with Crippen molar-refractivity contribution in [1.82, 2.24) is 10.2 Å². The van der Waals surface area contributed by atoms with Crippen molar-refractivity contribution >= 4 is 17.7 Å². The van der Waals surface area contributed by atoms with Crippen LogP contribution in [0, 0.1) is 0 Å². The summed E-state index contributed by atoms with van der Waals surface area (Å²) in [4.78, 5) is 36.4. The predicted octanol–water partition coefficient (Wildman–Crippen LogP) is -0.325. The van der Waals surface area contributed by atoms with Crippen LogP contribution < -0.4 is 11.1 Å². The quantitative estimate of drug-likeness (QED) is 0.736. The Morgan fingerprint density at radius 3 is 2.70 bits per heavy atom. The molecule has 1 saturated heterocycles. The van der Waals surface area contributed by atoms with E-state index < -0.39 is 6.04 Å². The van der Waals surface area contributed by atoms with Gasteiger partial charge >= 0.3 is 0 Å². The third kappa shape index (κ3) is 2.70. The number of amides is 3. The van der Waals surface area contributed by atoms with Gasteiger partial charge in [-0.05, 0) is 24.6 Å². The fourth-order valence-corrected chi connectivity index (χ4v) is 2.22. The monoisotopic (exact) mass is 275 g/mol. The Bertz CT molecular complexity index is 556. The molecule has 1 unspecified atom stereocenters. The zero-order valence-electron chi connectivity index (χ0n) is 11.3. The van der Waals surface area contributed by atoms with Crippen molar-refractivity contribution < 1.29 is 14.4 Å². The van der Waals surface area contributed by atoms with Gasteiger partial charge < -0.3 is 11.1 Å². The van der Waals surface area contributed by atoms with Crippen molar-refractivity contribution in [3.63, 3.8) is 0 Å². The average Bonchev–Trinajstić information content (AvgIpc) is 2.67. The molecule has 1 heterocycles. The van der Waals surface area contributed by atoms with Crippen LogP contribution in [0.3, 0.4) is 0 Å². The van der Waals surface area contributed by atoms with Crippen LogP contribution in [-0.4, -0.2) is 42.3 Å². The summed E-state index contributed by atoms with van der Waals surface area (Å²) in [5.41, 5.74) is 6.84. The third-order valence-electron chi connectivity index (χ3n) is 3.36. The number of nitrogens with zero attached hydrogens (tertiary/aromatic N) is 1. The van der Waals surface area contributed by atoms with Crippen molar-refractivity contribution in [2.24, 2.45) is 5.73 Å². The van der Waals surface area contributed by atoms with E-state index in [1.807, 2.05) is 12.1 Å². The molecule has 1 aliphatic rings. The highest BCUT2D eigenvalue weighted by Crippen LogP contribution is 2.13. The van der Waals surface area contributed by atoms with Gasteiger partial charge in [0.1, 0.15) is 6.04 Å². The minimum absolute atomic E-state index is 0.0140. The lowest BCUT2D eigenvalue weighted by atomic mass is 10.0. The molecule has 0 bridgehead atoms. The molecular weight excluding hydrogens is 258 g/mol. The van der Waals surface area contributed by atoms with Gasteiger partial charge in [0.05, 0.1) is 6.42 Å². The summed E-state index contributed by atoms with van der Waals surface area (Å²) in [6.45, 7) is 0.438. The van der Waals surface area contributed by atoms with Crippen molar-refractivity contribution in [2.45, 2.75) is 18.9 Å². The first kappa shape index (κ1) is 14.2. The minimum atomic E-state index is -0.772. The minimum Gasteiger partial charge on any atom is -0.340 e. The molecule has 0 radical (unpaired) electrons. The Kier molecular flexibility index (Phi) is 4.14. The van der Waals surface area contributed by atoms with E-state index in [0.29, 0.717) is 18.5 Å². The van der Waals surface area contributed by atoms with Gasteiger partial charge in [-0.25, -0.2) is 0 Å². The normalized spacial score (nSPS) is 18.5. The van der Waals surface area contributed by atoms with Gasteiger partial charge in [0.15, 0.2) is 0 Å². The summed E-state index contributed by atoms with van der Waals surface area (Å²) in [7, 11) is 1.42. The second-order valence-corrected chi connectivity index (χ2v) is 4.72. The lowest BCUT2D eigenvalue weighted by molar-refractivity contribution is -0.137. The van der Waals surface area contributed by atoms with E-state index in [1.165, 1.54) is 7.05 Å². The molecule has 1 atom stereocenters. The SMILES string of the molecule is CN1C(=O)CC(NC(=O)c2ccccc2CCN)C1=O. The highest BCUT2D eigenvalue weighted by molar-refractivity contribution is 6.08. The van der Waals surface area contributed by atoms with E-state index in [1.54, 1.807) is 12.1 Å². The number of rotatable bonds is 4. The van der Waals surface area contributed by atoms with Crippen LogP contribution >= 0.6 is 0 Å². The number of nitrogens with one attached hydrogen (secondary N) is 1. The maximum Gasteiger partial charge on any atom is 0.252 e. The number of benzene rings is 1. The summed E-state index contributed by atoms with van der Waals surface area (Å²) in [5.74, 6) is -1.01. The van der Waals surface area contributed by atoms with Crippen molar-refractivity contribution in [2.75, 3.05) is 13.6 Å². The average molecular weight is 275 g/mol. The standard InChI is InChI=1S/C14H17N3O3/c1-17-12(18)8-11(14(17)20)16-13(19)10-5-3-2-4-9(10)6-7-15/h2-5,11H,6-8,15H2,1H3,(H,16,19). The summed E-state index contributed by atoms with van der Waals surface area (Å²) in [6.07, 6.45) is 0.598. The molecule has 0 saturated carbocycles. The Labute approximate surface area is 116 Å². The fourth-order valence-electron chi connectivity index (χ4n) is 2.22. The molecule has 1 aromatic carbocycles. The molecule has 0 aromatic heterocycles. The van der Waals surface area contributed by atoms with Crippen LogP contribution in [-0.2, 0) is 16.0 Å². The van der Waals surface area contributed by atoms with E-state index in [-0.39, 0.29) is 24.1 Å². The summed E-state index contributed by atoms with van der Waals surface area (Å²) >= 11 is 0. The Morgan fingerprint density at radius 2 is 2.10 bits per heavy atom. The van der Waals surface area contributed by atoms with Gasteiger partial charge in [-0.2, -0.15) is 0 Å². The molecule has 2 rings (SSSR count). The third-order valence-corrected chi connectivity index (χ3v) is 3.36. The van der Waals surface area contributed by atoms with Gasteiger partial charge in [-0.3, -0.25) is 19.3 Å². The summed E-state index contributed by atoms with van der Waals surface area (Å²) < 4.78 is 0. The topological polar surface area (TPSA) is 92.5 Å². The summed E-state index contributed by atoms with van der Waals surface area (Å²) in [5, 5.41) is 2.61. The molecule has 0 spiro atoms. The number of carbonyl (C=O) groups is 3. The van der Waals surface area contributed by atoms with Crippen LogP contribution in [0.4, 0.5) is 0 Å². The number of hydrogen-bond acceptors (Lipinski definition) is 4. The predicted molar refractivity (Wildman–Crippen MR) is 72.8 cm³/mol. The van der Waals surface area contributed by atoms with Crippen molar-refractivity contribution in [3.05, 3.63) is 35.4 Å². The number of imide groups is 1. The van der Waals surface area contributed by atoms with Crippen LogP contribution in [0.15, 0.2) is 24.3 Å². The maximum atomic E-state index is 12.2. The Balaban J connectivity index is 2.13. The first-order valence-corrected chi connectivity index (χ1v) is 6.44. The molecular formula is C14H17N3O3. The van der Waals surface area contributed by atoms with Crippen LogP contribution in [0.1, 0.15) is 22.3 Å². The molecule has 6 heteroatoms. The highest BCUT2D eigenvalue weighted by atomic mass is 16.2. The van der Waals surface area contributed by atoms with Gasteiger partial charge in [0.25, 0.3) is 11.8 Å². The van der Waals surface area contributed by atoms with Gasteiger partial charge in [-0.1, -0.05) is 18.2 Å². The molecule has 3 amide bonds. The van der Waals surface area contributed by atoms with Crippen LogP contribution in [0.5, 0.6) is 0 Å². The lowest BCUT2D eigenvalue weighted by Gasteiger charge is -2.13. The Hall–Kier alpha value is -2.21. The van der Waals surface area contributed by atoms with E-state index in [2.05, 4.69) is 5.32 Å².